The predicted molar refractivity (Wildman–Crippen MR) is 108 cm³/mol. The smallest absolute Gasteiger partial charge is 0.317 e. The molecule has 0 aliphatic heterocycles. The maximum Gasteiger partial charge on any atom is 0.317 e. The molecule has 0 aliphatic rings. The third-order valence-corrected chi connectivity index (χ3v) is 4.81. The second-order valence-electron chi connectivity index (χ2n) is 6.41. The number of halogens is 1. The first-order valence-corrected chi connectivity index (χ1v) is 9.06. The summed E-state index contributed by atoms with van der Waals surface area (Å²) in [5.74, 6) is -0.298. The predicted octanol–water partition coefficient (Wildman–Crippen LogP) is 3.08. The summed E-state index contributed by atoms with van der Waals surface area (Å²) in [5, 5.41) is 0.415. The summed E-state index contributed by atoms with van der Waals surface area (Å²) in [7, 11) is 0. The van der Waals surface area contributed by atoms with Gasteiger partial charge in [-0.3, -0.25) is 23.5 Å². The number of fused-ring (bicyclic) bond motifs is 1. The molecule has 0 saturated heterocycles. The van der Waals surface area contributed by atoms with Gasteiger partial charge in [0, 0.05) is 11.2 Å². The molecule has 0 bridgehead atoms. The van der Waals surface area contributed by atoms with E-state index >= 15 is 0 Å². The summed E-state index contributed by atoms with van der Waals surface area (Å²) >= 11 is 6.14. The Morgan fingerprint density at radius 1 is 0.893 bits per heavy atom. The van der Waals surface area contributed by atoms with Gasteiger partial charge in [-0.05, 0) is 35.9 Å². The standard InChI is InChI=1S/C21H16ClN3O3/c22-15-8-9-17-18(11-15)25(13-19(26)16-7-4-10-23-16)21(28)20(27)24(17)12-14-5-2-1-3-6-14/h1-11,23H,12-13H2. The van der Waals surface area contributed by atoms with Crippen LogP contribution in [-0.2, 0) is 13.1 Å². The highest BCUT2D eigenvalue weighted by molar-refractivity contribution is 6.31. The number of hydrogen-bond donors (Lipinski definition) is 1. The molecule has 2 heterocycles. The van der Waals surface area contributed by atoms with Gasteiger partial charge in [-0.1, -0.05) is 41.9 Å². The van der Waals surface area contributed by atoms with Crippen molar-refractivity contribution in [3.05, 3.63) is 104 Å². The van der Waals surface area contributed by atoms with Gasteiger partial charge in [0.15, 0.2) is 5.78 Å². The summed E-state index contributed by atoms with van der Waals surface area (Å²) < 4.78 is 2.60. The molecule has 140 valence electrons. The molecule has 0 spiro atoms. The highest BCUT2D eigenvalue weighted by Crippen LogP contribution is 2.18. The van der Waals surface area contributed by atoms with Gasteiger partial charge in [0.05, 0.1) is 29.8 Å². The van der Waals surface area contributed by atoms with Crippen molar-refractivity contribution in [2.45, 2.75) is 13.1 Å². The lowest BCUT2D eigenvalue weighted by atomic mass is 10.2. The summed E-state index contributed by atoms with van der Waals surface area (Å²) in [5.41, 5.74) is 0.796. The molecule has 0 amide bonds. The van der Waals surface area contributed by atoms with Gasteiger partial charge in [0.25, 0.3) is 0 Å². The molecule has 6 nitrogen and oxygen atoms in total. The lowest BCUT2D eigenvalue weighted by molar-refractivity contribution is 0.0968. The normalized spacial score (nSPS) is 11.0. The van der Waals surface area contributed by atoms with Crippen molar-refractivity contribution in [3.63, 3.8) is 0 Å². The van der Waals surface area contributed by atoms with Crippen molar-refractivity contribution in [2.75, 3.05) is 0 Å². The van der Waals surface area contributed by atoms with Crippen LogP contribution in [0.2, 0.25) is 5.02 Å². The largest absolute Gasteiger partial charge is 0.359 e. The monoisotopic (exact) mass is 393 g/mol. The molecule has 0 radical (unpaired) electrons. The number of aromatic nitrogens is 3. The van der Waals surface area contributed by atoms with E-state index in [-0.39, 0.29) is 18.9 Å². The number of Topliss-reactive ketones (excluding diaryl/α,β-unsaturated/α-hetero) is 1. The van der Waals surface area contributed by atoms with E-state index in [0.717, 1.165) is 5.56 Å². The zero-order valence-corrected chi connectivity index (χ0v) is 15.5. The number of rotatable bonds is 5. The van der Waals surface area contributed by atoms with Gasteiger partial charge in [-0.25, -0.2) is 0 Å². The van der Waals surface area contributed by atoms with Crippen molar-refractivity contribution in [2.24, 2.45) is 0 Å². The molecular weight excluding hydrogens is 378 g/mol. The third-order valence-electron chi connectivity index (χ3n) is 4.58. The topological polar surface area (TPSA) is 76.9 Å². The van der Waals surface area contributed by atoms with Gasteiger partial charge in [-0.15, -0.1) is 0 Å². The molecule has 0 saturated carbocycles. The lowest BCUT2D eigenvalue weighted by Crippen LogP contribution is -2.42. The highest BCUT2D eigenvalue weighted by Gasteiger charge is 2.17. The van der Waals surface area contributed by atoms with E-state index in [1.807, 2.05) is 30.3 Å². The number of nitrogens with zero attached hydrogens (tertiary/aromatic N) is 2. The Hall–Kier alpha value is -3.38. The average Bonchev–Trinajstić information content (AvgIpc) is 3.24. The van der Waals surface area contributed by atoms with Crippen LogP contribution in [0.25, 0.3) is 11.0 Å². The number of H-pyrrole nitrogens is 1. The Bertz CT molecular complexity index is 1270. The molecule has 1 N–H and O–H groups in total. The van der Waals surface area contributed by atoms with Gasteiger partial charge < -0.3 is 4.98 Å². The minimum absolute atomic E-state index is 0.248. The molecule has 0 atom stereocenters. The Kier molecular flexibility index (Phi) is 4.71. The van der Waals surface area contributed by atoms with E-state index in [0.29, 0.717) is 21.7 Å². The van der Waals surface area contributed by atoms with Crippen molar-refractivity contribution in [3.8, 4) is 0 Å². The molecule has 0 unspecified atom stereocenters. The highest BCUT2D eigenvalue weighted by atomic mass is 35.5. The molecule has 0 fully saturated rings. The zero-order chi connectivity index (χ0) is 19.7. The first-order chi connectivity index (χ1) is 13.5. The Balaban J connectivity index is 1.90. The lowest BCUT2D eigenvalue weighted by Gasteiger charge is -2.15. The fraction of sp³-hybridized carbons (Fsp3) is 0.0952. The first kappa shape index (κ1) is 18.0. The number of carbonyl (C=O) groups is 1. The van der Waals surface area contributed by atoms with E-state index in [4.69, 9.17) is 11.6 Å². The van der Waals surface area contributed by atoms with E-state index in [2.05, 4.69) is 4.98 Å². The number of hydrogen-bond acceptors (Lipinski definition) is 3. The number of ketones is 1. The van der Waals surface area contributed by atoms with E-state index in [1.54, 1.807) is 36.5 Å². The van der Waals surface area contributed by atoms with Crippen LogP contribution in [0, 0.1) is 0 Å². The molecule has 2 aromatic carbocycles. The second-order valence-corrected chi connectivity index (χ2v) is 6.84. The molecule has 0 aliphatic carbocycles. The Labute approximate surface area is 164 Å². The molecule has 7 heteroatoms. The number of nitrogens with one attached hydrogen (secondary N) is 1. The van der Waals surface area contributed by atoms with Crippen molar-refractivity contribution >= 4 is 28.4 Å². The summed E-state index contributed by atoms with van der Waals surface area (Å²) in [4.78, 5) is 41.0. The van der Waals surface area contributed by atoms with Crippen LogP contribution in [0.5, 0.6) is 0 Å². The van der Waals surface area contributed by atoms with Crippen molar-refractivity contribution < 1.29 is 4.79 Å². The second kappa shape index (κ2) is 7.32. The molecule has 28 heavy (non-hydrogen) atoms. The average molecular weight is 394 g/mol. The van der Waals surface area contributed by atoms with Crippen LogP contribution in [-0.4, -0.2) is 19.9 Å². The van der Waals surface area contributed by atoms with Crippen LogP contribution in [0.3, 0.4) is 0 Å². The molecule has 2 aromatic heterocycles. The zero-order valence-electron chi connectivity index (χ0n) is 14.8. The van der Waals surface area contributed by atoms with Crippen LogP contribution in [0.4, 0.5) is 0 Å². The Morgan fingerprint density at radius 3 is 2.36 bits per heavy atom. The molecular formula is C21H16ClN3O3. The molecule has 4 aromatic rings. The van der Waals surface area contributed by atoms with Crippen LogP contribution < -0.4 is 11.1 Å². The fourth-order valence-corrected chi connectivity index (χ4v) is 3.37. The minimum atomic E-state index is -0.759. The summed E-state index contributed by atoms with van der Waals surface area (Å²) in [6.45, 7) is -0.00390. The number of aromatic amines is 1. The van der Waals surface area contributed by atoms with Gasteiger partial charge in [0.1, 0.15) is 0 Å². The maximum atomic E-state index is 12.8. The van der Waals surface area contributed by atoms with Gasteiger partial charge in [0.2, 0.25) is 0 Å². The van der Waals surface area contributed by atoms with Crippen LogP contribution >= 0.6 is 11.6 Å². The van der Waals surface area contributed by atoms with Gasteiger partial charge >= 0.3 is 11.1 Å². The fourth-order valence-electron chi connectivity index (χ4n) is 3.20. The minimum Gasteiger partial charge on any atom is -0.359 e. The first-order valence-electron chi connectivity index (χ1n) is 8.68. The van der Waals surface area contributed by atoms with Crippen LogP contribution in [0.1, 0.15) is 16.1 Å². The summed E-state index contributed by atoms with van der Waals surface area (Å²) in [6, 6.07) is 17.7. The van der Waals surface area contributed by atoms with E-state index < -0.39 is 11.1 Å². The van der Waals surface area contributed by atoms with Crippen LogP contribution in [0.15, 0.2) is 76.4 Å². The van der Waals surface area contributed by atoms with Crippen molar-refractivity contribution in [1.29, 1.82) is 0 Å². The summed E-state index contributed by atoms with van der Waals surface area (Å²) in [6.07, 6.45) is 1.63. The van der Waals surface area contributed by atoms with E-state index in [1.165, 1.54) is 9.13 Å². The maximum absolute atomic E-state index is 12.8. The van der Waals surface area contributed by atoms with Gasteiger partial charge in [-0.2, -0.15) is 0 Å². The van der Waals surface area contributed by atoms with Crippen molar-refractivity contribution in [1.82, 2.24) is 14.1 Å². The number of benzene rings is 2. The number of carbonyl (C=O) groups excluding carboxylic acids is 1. The molecule has 4 rings (SSSR count). The third kappa shape index (κ3) is 3.30. The quantitative estimate of drug-likeness (QED) is 0.418. The van der Waals surface area contributed by atoms with E-state index in [9.17, 15) is 14.4 Å². The SMILES string of the molecule is O=C(Cn1c(=O)c(=O)n(Cc2ccccc2)c2ccc(Cl)cc21)c1ccc[nH]1. The Morgan fingerprint density at radius 2 is 1.64 bits per heavy atom.